The maximum atomic E-state index is 12.8. The van der Waals surface area contributed by atoms with Crippen molar-refractivity contribution in [3.63, 3.8) is 0 Å². The summed E-state index contributed by atoms with van der Waals surface area (Å²) in [6, 6.07) is 13.7. The average Bonchev–Trinajstić information content (AvgIpc) is 3.11. The molecule has 2 heterocycles. The second kappa shape index (κ2) is 6.18. The lowest BCUT2D eigenvalue weighted by molar-refractivity contribution is 0.101. The molecular formula is C19H14ClNO4. The van der Waals surface area contributed by atoms with Crippen LogP contribution >= 0.6 is 11.6 Å². The first kappa shape index (κ1) is 15.6. The maximum Gasteiger partial charge on any atom is 0.230 e. The number of nitrogen functional groups attached to an aromatic ring is 1. The van der Waals surface area contributed by atoms with Crippen LogP contribution in [-0.2, 0) is 0 Å². The Bertz CT molecular complexity index is 947. The highest BCUT2D eigenvalue weighted by Gasteiger charge is 2.22. The van der Waals surface area contributed by atoms with Crippen LogP contribution in [0.3, 0.4) is 0 Å². The van der Waals surface area contributed by atoms with E-state index in [0.29, 0.717) is 46.7 Å². The number of benzene rings is 2. The van der Waals surface area contributed by atoms with E-state index in [0.717, 1.165) is 5.56 Å². The molecule has 5 nitrogen and oxygen atoms in total. The van der Waals surface area contributed by atoms with Crippen LogP contribution < -0.4 is 15.2 Å². The summed E-state index contributed by atoms with van der Waals surface area (Å²) < 4.78 is 16.7. The van der Waals surface area contributed by atoms with Crippen LogP contribution in [0.1, 0.15) is 16.1 Å². The number of furan rings is 1. The molecule has 0 bridgehead atoms. The van der Waals surface area contributed by atoms with E-state index in [-0.39, 0.29) is 11.5 Å². The molecule has 3 aromatic rings. The Balaban J connectivity index is 1.66. The minimum Gasteiger partial charge on any atom is -0.486 e. The van der Waals surface area contributed by atoms with Crippen molar-refractivity contribution < 1.29 is 18.7 Å². The van der Waals surface area contributed by atoms with Gasteiger partial charge in [-0.25, -0.2) is 0 Å². The first-order valence-electron chi connectivity index (χ1n) is 7.71. The summed E-state index contributed by atoms with van der Waals surface area (Å²) in [5.74, 6) is 1.52. The standard InChI is InChI=1S/C19H14ClNO4/c20-12-3-1-11(2-4-12)15-5-6-16(25-15)19(22)13-9-17-18(10-14(13)21)24-8-7-23-17/h1-6,9-10H,7-8,21H2. The molecule has 2 aromatic carbocycles. The summed E-state index contributed by atoms with van der Waals surface area (Å²) in [6.45, 7) is 0.897. The van der Waals surface area contributed by atoms with E-state index in [2.05, 4.69) is 0 Å². The van der Waals surface area contributed by atoms with Crippen LogP contribution in [0, 0.1) is 0 Å². The highest BCUT2D eigenvalue weighted by molar-refractivity contribution is 6.30. The topological polar surface area (TPSA) is 74.7 Å². The number of anilines is 1. The maximum absolute atomic E-state index is 12.8. The Kier molecular flexibility index (Phi) is 3.86. The number of ketones is 1. The van der Waals surface area contributed by atoms with Crippen LogP contribution in [-0.4, -0.2) is 19.0 Å². The molecule has 0 saturated heterocycles. The molecule has 0 atom stereocenters. The van der Waals surface area contributed by atoms with Crippen molar-refractivity contribution >= 4 is 23.1 Å². The molecule has 6 heteroatoms. The summed E-state index contributed by atoms with van der Waals surface area (Å²) in [4.78, 5) is 12.8. The van der Waals surface area contributed by atoms with Gasteiger partial charge in [-0.15, -0.1) is 0 Å². The lowest BCUT2D eigenvalue weighted by Gasteiger charge is -2.19. The largest absolute Gasteiger partial charge is 0.486 e. The first-order valence-corrected chi connectivity index (χ1v) is 8.09. The van der Waals surface area contributed by atoms with E-state index in [4.69, 9.17) is 31.2 Å². The van der Waals surface area contributed by atoms with Crippen LogP contribution in [0.4, 0.5) is 5.69 Å². The quantitative estimate of drug-likeness (QED) is 0.563. The second-order valence-electron chi connectivity index (χ2n) is 5.58. The Labute approximate surface area is 148 Å². The van der Waals surface area contributed by atoms with Crippen LogP contribution in [0.15, 0.2) is 52.9 Å². The number of nitrogens with two attached hydrogens (primary N) is 1. The van der Waals surface area contributed by atoms with Gasteiger partial charge in [-0.2, -0.15) is 0 Å². The van der Waals surface area contributed by atoms with Gasteiger partial charge in [-0.05, 0) is 42.5 Å². The van der Waals surface area contributed by atoms with E-state index in [1.807, 2.05) is 12.1 Å². The fraction of sp³-hybridized carbons (Fsp3) is 0.105. The number of hydrogen-bond donors (Lipinski definition) is 1. The fourth-order valence-electron chi connectivity index (χ4n) is 2.66. The third-order valence-electron chi connectivity index (χ3n) is 3.92. The molecule has 0 aliphatic carbocycles. The number of carbonyl (C=O) groups is 1. The van der Waals surface area contributed by atoms with Gasteiger partial charge in [-0.1, -0.05) is 11.6 Å². The first-order chi connectivity index (χ1) is 12.1. The molecule has 1 aliphatic heterocycles. The normalized spacial score (nSPS) is 12.8. The van der Waals surface area contributed by atoms with E-state index in [9.17, 15) is 4.79 Å². The van der Waals surface area contributed by atoms with Gasteiger partial charge in [0.1, 0.15) is 19.0 Å². The van der Waals surface area contributed by atoms with Crippen molar-refractivity contribution in [3.05, 3.63) is 64.9 Å². The van der Waals surface area contributed by atoms with Gasteiger partial charge < -0.3 is 19.6 Å². The molecule has 2 N–H and O–H groups in total. The molecule has 0 unspecified atom stereocenters. The van der Waals surface area contributed by atoms with Crippen molar-refractivity contribution in [2.45, 2.75) is 0 Å². The molecule has 0 saturated carbocycles. The monoisotopic (exact) mass is 355 g/mol. The molecule has 4 rings (SSSR count). The number of fused-ring (bicyclic) bond motifs is 1. The third kappa shape index (κ3) is 2.94. The molecule has 1 aliphatic rings. The zero-order valence-electron chi connectivity index (χ0n) is 13.1. The van der Waals surface area contributed by atoms with Crippen molar-refractivity contribution in [3.8, 4) is 22.8 Å². The molecule has 0 radical (unpaired) electrons. The summed E-state index contributed by atoms with van der Waals surface area (Å²) in [5, 5.41) is 0.635. The Morgan fingerprint density at radius 3 is 2.36 bits per heavy atom. The van der Waals surface area contributed by atoms with Gasteiger partial charge in [0, 0.05) is 22.3 Å². The number of halogens is 1. The van der Waals surface area contributed by atoms with Crippen molar-refractivity contribution in [1.29, 1.82) is 0 Å². The van der Waals surface area contributed by atoms with Crippen LogP contribution in [0.25, 0.3) is 11.3 Å². The van der Waals surface area contributed by atoms with Gasteiger partial charge in [0.15, 0.2) is 17.3 Å². The van der Waals surface area contributed by atoms with E-state index < -0.39 is 0 Å². The Morgan fingerprint density at radius 1 is 0.960 bits per heavy atom. The van der Waals surface area contributed by atoms with Crippen molar-refractivity contribution in [2.24, 2.45) is 0 Å². The second-order valence-corrected chi connectivity index (χ2v) is 6.02. The van der Waals surface area contributed by atoms with Gasteiger partial charge in [-0.3, -0.25) is 4.79 Å². The third-order valence-corrected chi connectivity index (χ3v) is 4.17. The SMILES string of the molecule is Nc1cc2c(cc1C(=O)c1ccc(-c3ccc(Cl)cc3)o1)OCCO2. The van der Waals surface area contributed by atoms with E-state index >= 15 is 0 Å². The zero-order valence-corrected chi connectivity index (χ0v) is 13.9. The number of carbonyl (C=O) groups excluding carboxylic acids is 1. The zero-order chi connectivity index (χ0) is 17.4. The predicted octanol–water partition coefficient (Wildman–Crippen LogP) is 4.18. The molecular weight excluding hydrogens is 342 g/mol. The Hall–Kier alpha value is -2.92. The fourth-order valence-corrected chi connectivity index (χ4v) is 2.79. The lowest BCUT2D eigenvalue weighted by Crippen LogP contribution is -2.16. The Morgan fingerprint density at radius 2 is 1.64 bits per heavy atom. The molecule has 0 amide bonds. The minimum atomic E-state index is -0.310. The predicted molar refractivity (Wildman–Crippen MR) is 94.4 cm³/mol. The lowest BCUT2D eigenvalue weighted by atomic mass is 10.1. The number of hydrogen-bond acceptors (Lipinski definition) is 5. The molecule has 126 valence electrons. The summed E-state index contributed by atoms with van der Waals surface area (Å²) in [6.07, 6.45) is 0. The van der Waals surface area contributed by atoms with E-state index in [1.54, 1.807) is 36.4 Å². The van der Waals surface area contributed by atoms with Crippen molar-refractivity contribution in [2.75, 3.05) is 18.9 Å². The number of ether oxygens (including phenoxy) is 2. The van der Waals surface area contributed by atoms with Gasteiger partial charge in [0.2, 0.25) is 5.78 Å². The summed E-state index contributed by atoms with van der Waals surface area (Å²) in [5.41, 5.74) is 7.48. The van der Waals surface area contributed by atoms with Gasteiger partial charge in [0.05, 0.1) is 5.56 Å². The van der Waals surface area contributed by atoms with E-state index in [1.165, 1.54) is 0 Å². The van der Waals surface area contributed by atoms with Crippen LogP contribution in [0.5, 0.6) is 11.5 Å². The smallest absolute Gasteiger partial charge is 0.230 e. The highest BCUT2D eigenvalue weighted by Crippen LogP contribution is 2.35. The summed E-state index contributed by atoms with van der Waals surface area (Å²) >= 11 is 5.89. The molecule has 1 aromatic heterocycles. The van der Waals surface area contributed by atoms with Gasteiger partial charge >= 0.3 is 0 Å². The number of rotatable bonds is 3. The highest BCUT2D eigenvalue weighted by atomic mass is 35.5. The molecule has 0 fully saturated rings. The molecule has 25 heavy (non-hydrogen) atoms. The van der Waals surface area contributed by atoms with Gasteiger partial charge in [0.25, 0.3) is 0 Å². The summed E-state index contributed by atoms with van der Waals surface area (Å²) in [7, 11) is 0. The minimum absolute atomic E-state index is 0.202. The average molecular weight is 356 g/mol. The van der Waals surface area contributed by atoms with Crippen LogP contribution in [0.2, 0.25) is 5.02 Å². The van der Waals surface area contributed by atoms with Crippen molar-refractivity contribution in [1.82, 2.24) is 0 Å². The molecule has 0 spiro atoms.